The number of hydrogen-bond acceptors (Lipinski definition) is 0. The fourth-order valence-corrected chi connectivity index (χ4v) is 1.16. The Hall–Kier alpha value is 0.570. The lowest BCUT2D eigenvalue weighted by atomic mass is 10.2. The number of pyridine rings is 1. The summed E-state index contributed by atoms with van der Waals surface area (Å²) < 4.78 is 3.09. The second-order valence-corrected chi connectivity index (χ2v) is 4.64. The zero-order chi connectivity index (χ0) is 9.90. The maximum atomic E-state index is 2.23. The number of likely N-dealkylation sites (N-methyl/N-ethyl adjacent to an activating group) is 1. The summed E-state index contributed by atoms with van der Waals surface area (Å²) in [6.45, 7) is 1.19. The smallest absolute Gasteiger partial charge is 0.168 e. The van der Waals surface area contributed by atoms with E-state index in [0.717, 1.165) is 10.9 Å². The molecule has 1 rings (SSSR count). The van der Waals surface area contributed by atoms with Gasteiger partial charge in [-0.05, 0) is 5.56 Å². The molecule has 0 aliphatic rings. The van der Waals surface area contributed by atoms with E-state index in [1.54, 1.807) is 0 Å². The lowest BCUT2D eigenvalue weighted by Gasteiger charge is -2.23. The van der Waals surface area contributed by atoms with Crippen molar-refractivity contribution in [1.82, 2.24) is 0 Å². The van der Waals surface area contributed by atoms with Gasteiger partial charge < -0.3 is 52.4 Å². The molecule has 0 atom stereocenters. The highest BCUT2D eigenvalue weighted by molar-refractivity contribution is 5.07. The van der Waals surface area contributed by atoms with E-state index in [1.165, 1.54) is 12.1 Å². The van der Waals surface area contributed by atoms with Crippen LogP contribution >= 0.6 is 0 Å². The molecule has 0 saturated carbocycles. The van der Waals surface area contributed by atoms with Crippen LogP contribution in [0.5, 0.6) is 0 Å². The van der Waals surface area contributed by atoms with E-state index in [1.807, 2.05) is 7.05 Å². The highest BCUT2D eigenvalue weighted by atomic mass is 127. The summed E-state index contributed by atoms with van der Waals surface area (Å²) in [5.41, 5.74) is 1.42. The van der Waals surface area contributed by atoms with Crippen LogP contribution < -0.4 is 52.5 Å². The summed E-state index contributed by atoms with van der Waals surface area (Å²) in [6, 6.07) is 4.38. The molecule has 0 aromatic carbocycles. The Bertz CT molecular complexity index is 265. The molecule has 4 heteroatoms. The summed E-state index contributed by atoms with van der Waals surface area (Å²) in [4.78, 5) is 0. The summed E-state index contributed by atoms with van der Waals surface area (Å²) in [5.74, 6) is 0. The molecular weight excluding hydrogens is 414 g/mol. The van der Waals surface area contributed by atoms with Crippen LogP contribution in [0, 0.1) is 0 Å². The Kier molecular flexibility index (Phi) is 9.31. The Morgan fingerprint density at radius 1 is 1.07 bits per heavy atom. The van der Waals surface area contributed by atoms with Crippen LogP contribution in [0.2, 0.25) is 0 Å². The van der Waals surface area contributed by atoms with E-state index in [-0.39, 0.29) is 48.0 Å². The third-order valence-corrected chi connectivity index (χ3v) is 2.12. The van der Waals surface area contributed by atoms with Crippen LogP contribution in [0.3, 0.4) is 0 Å². The Morgan fingerprint density at radius 2 is 1.53 bits per heavy atom. The van der Waals surface area contributed by atoms with Crippen LogP contribution in [-0.4, -0.2) is 32.2 Å². The molecule has 15 heavy (non-hydrogen) atoms. The molecule has 0 bridgehead atoms. The standard InChI is InChI=1S/C11H20N2.2HI/c1-12-8-5-11(6-9-12)7-10-13(2,3)4;;/h5-6,8-9H,7,10H2,1-4H3;2*1H/q+2;;/p-2. The molecule has 0 N–H and O–H groups in total. The average Bonchev–Trinajstić information content (AvgIpc) is 2.02. The van der Waals surface area contributed by atoms with E-state index >= 15 is 0 Å². The van der Waals surface area contributed by atoms with Crippen molar-refractivity contribution in [3.05, 3.63) is 30.1 Å². The van der Waals surface area contributed by atoms with Gasteiger partial charge in [-0.2, -0.15) is 0 Å². The first-order valence-electron chi connectivity index (χ1n) is 4.72. The number of nitrogens with zero attached hydrogens (tertiary/aromatic N) is 2. The second-order valence-electron chi connectivity index (χ2n) is 4.64. The molecule has 0 spiro atoms. The highest BCUT2D eigenvalue weighted by Gasteiger charge is 2.07. The van der Waals surface area contributed by atoms with Gasteiger partial charge in [0, 0.05) is 18.6 Å². The van der Waals surface area contributed by atoms with Crippen LogP contribution in [0.25, 0.3) is 0 Å². The van der Waals surface area contributed by atoms with Crippen molar-refractivity contribution < 1.29 is 57.0 Å². The summed E-state index contributed by atoms with van der Waals surface area (Å²) >= 11 is 0. The first-order chi connectivity index (χ1) is 5.97. The average molecular weight is 434 g/mol. The number of hydrogen-bond donors (Lipinski definition) is 0. The Morgan fingerprint density at radius 3 is 1.93 bits per heavy atom. The van der Waals surface area contributed by atoms with Crippen molar-refractivity contribution in [3.8, 4) is 0 Å². The summed E-state index contributed by atoms with van der Waals surface area (Å²) in [5, 5.41) is 0. The monoisotopic (exact) mass is 434 g/mol. The minimum atomic E-state index is 0. The molecule has 0 unspecified atom stereocenters. The number of halogens is 2. The van der Waals surface area contributed by atoms with E-state index in [0.29, 0.717) is 0 Å². The molecule has 2 nitrogen and oxygen atoms in total. The van der Waals surface area contributed by atoms with E-state index in [4.69, 9.17) is 0 Å². The van der Waals surface area contributed by atoms with Crippen molar-refractivity contribution in [2.75, 3.05) is 27.7 Å². The Balaban J connectivity index is 0. The van der Waals surface area contributed by atoms with Crippen molar-refractivity contribution in [2.24, 2.45) is 7.05 Å². The number of quaternary nitrogens is 1. The van der Waals surface area contributed by atoms with E-state index < -0.39 is 0 Å². The van der Waals surface area contributed by atoms with Crippen LogP contribution in [-0.2, 0) is 13.5 Å². The maximum absolute atomic E-state index is 2.23. The van der Waals surface area contributed by atoms with Gasteiger partial charge in [0.25, 0.3) is 0 Å². The number of aryl methyl sites for hydroxylation is 1. The van der Waals surface area contributed by atoms with Gasteiger partial charge in [-0.1, -0.05) is 0 Å². The molecule has 0 aliphatic carbocycles. The van der Waals surface area contributed by atoms with Gasteiger partial charge in [-0.3, -0.25) is 0 Å². The Labute approximate surface area is 127 Å². The lowest BCUT2D eigenvalue weighted by Crippen LogP contribution is -3.00. The minimum Gasteiger partial charge on any atom is -1.00 e. The van der Waals surface area contributed by atoms with Crippen LogP contribution in [0.4, 0.5) is 0 Å². The molecule has 0 fully saturated rings. The molecule has 0 amide bonds. The second kappa shape index (κ2) is 7.78. The van der Waals surface area contributed by atoms with E-state index in [9.17, 15) is 0 Å². The van der Waals surface area contributed by atoms with Gasteiger partial charge in [-0.25, -0.2) is 4.57 Å². The predicted molar refractivity (Wildman–Crippen MR) is 54.2 cm³/mol. The molecule has 1 aromatic rings. The van der Waals surface area contributed by atoms with Gasteiger partial charge in [0.1, 0.15) is 7.05 Å². The zero-order valence-corrected chi connectivity index (χ0v) is 14.2. The normalized spacial score (nSPS) is 10.1. The number of rotatable bonds is 3. The fourth-order valence-electron chi connectivity index (χ4n) is 1.16. The molecule has 88 valence electrons. The van der Waals surface area contributed by atoms with Gasteiger partial charge in [0.15, 0.2) is 12.4 Å². The first-order valence-corrected chi connectivity index (χ1v) is 4.72. The van der Waals surface area contributed by atoms with Crippen molar-refractivity contribution >= 4 is 0 Å². The van der Waals surface area contributed by atoms with Gasteiger partial charge in [0.05, 0.1) is 27.7 Å². The van der Waals surface area contributed by atoms with Crippen molar-refractivity contribution in [3.63, 3.8) is 0 Å². The van der Waals surface area contributed by atoms with Crippen LogP contribution in [0.15, 0.2) is 24.5 Å². The summed E-state index contributed by atoms with van der Waals surface area (Å²) in [7, 11) is 8.72. The van der Waals surface area contributed by atoms with E-state index in [2.05, 4.69) is 50.2 Å². The predicted octanol–water partition coefficient (Wildman–Crippen LogP) is -5.23. The third kappa shape index (κ3) is 8.38. The highest BCUT2D eigenvalue weighted by Crippen LogP contribution is 2.00. The molecule has 0 saturated heterocycles. The molecular formula is C11H20I2N2. The van der Waals surface area contributed by atoms with Crippen molar-refractivity contribution in [1.29, 1.82) is 0 Å². The maximum Gasteiger partial charge on any atom is 0.168 e. The third-order valence-electron chi connectivity index (χ3n) is 2.12. The van der Waals surface area contributed by atoms with Crippen molar-refractivity contribution in [2.45, 2.75) is 6.42 Å². The van der Waals surface area contributed by atoms with Crippen LogP contribution in [0.1, 0.15) is 5.56 Å². The molecule has 0 aliphatic heterocycles. The van der Waals surface area contributed by atoms with Gasteiger partial charge >= 0.3 is 0 Å². The minimum absolute atomic E-state index is 0. The number of aromatic nitrogens is 1. The largest absolute Gasteiger partial charge is 1.00 e. The molecule has 0 radical (unpaired) electrons. The zero-order valence-electron chi connectivity index (χ0n) is 9.87. The van der Waals surface area contributed by atoms with Gasteiger partial charge in [-0.15, -0.1) is 0 Å². The molecule has 1 heterocycles. The lowest BCUT2D eigenvalue weighted by molar-refractivity contribution is -0.870. The first kappa shape index (κ1) is 17.9. The SMILES string of the molecule is C[n+]1ccc(CC[N+](C)(C)C)cc1.[I-].[I-]. The topological polar surface area (TPSA) is 3.88 Å². The van der Waals surface area contributed by atoms with Gasteiger partial charge in [0.2, 0.25) is 0 Å². The quantitative estimate of drug-likeness (QED) is 0.255. The molecule has 1 aromatic heterocycles. The fraction of sp³-hybridized carbons (Fsp3) is 0.545. The summed E-state index contributed by atoms with van der Waals surface area (Å²) in [6.07, 6.45) is 5.36.